The molecular formula is C21H22N4O2. The van der Waals surface area contributed by atoms with E-state index in [1.165, 1.54) is 0 Å². The molecule has 0 aliphatic rings. The summed E-state index contributed by atoms with van der Waals surface area (Å²) in [6, 6.07) is 15.1. The summed E-state index contributed by atoms with van der Waals surface area (Å²) >= 11 is 0. The molecule has 0 bridgehead atoms. The number of aryl methyl sites for hydroxylation is 3. The number of carbonyl (C=O) groups excluding carboxylic acids is 1. The first-order chi connectivity index (χ1) is 13.0. The summed E-state index contributed by atoms with van der Waals surface area (Å²) in [5, 5.41) is 6.11. The van der Waals surface area contributed by atoms with E-state index >= 15 is 0 Å². The van der Waals surface area contributed by atoms with Crippen LogP contribution in [0, 0.1) is 20.8 Å². The molecule has 0 fully saturated rings. The Hall–Kier alpha value is -3.41. The maximum absolute atomic E-state index is 12.7. The van der Waals surface area contributed by atoms with Crippen LogP contribution in [0.25, 0.3) is 0 Å². The number of rotatable bonds is 5. The third-order valence-corrected chi connectivity index (χ3v) is 4.08. The number of methoxy groups -OCH3 is 1. The van der Waals surface area contributed by atoms with Gasteiger partial charge in [0.05, 0.1) is 12.8 Å². The maximum Gasteiger partial charge on any atom is 0.274 e. The van der Waals surface area contributed by atoms with Crippen molar-refractivity contribution >= 4 is 23.1 Å². The lowest BCUT2D eigenvalue weighted by Crippen LogP contribution is -2.16. The normalized spacial score (nSPS) is 10.4. The van der Waals surface area contributed by atoms with E-state index in [1.54, 1.807) is 20.1 Å². The SMILES string of the molecule is COc1ccc(C)cc1NC(=O)c1cc(Nc2ccccc2C)nc(C)n1. The summed E-state index contributed by atoms with van der Waals surface area (Å²) < 4.78 is 5.32. The molecule has 2 aromatic carbocycles. The molecule has 6 heteroatoms. The van der Waals surface area contributed by atoms with Crippen molar-refractivity contribution < 1.29 is 9.53 Å². The highest BCUT2D eigenvalue weighted by atomic mass is 16.5. The van der Waals surface area contributed by atoms with Gasteiger partial charge in [0, 0.05) is 11.8 Å². The lowest BCUT2D eigenvalue weighted by Gasteiger charge is -2.12. The number of aromatic nitrogens is 2. The number of amides is 1. The molecule has 0 saturated carbocycles. The van der Waals surface area contributed by atoms with Gasteiger partial charge in [0.15, 0.2) is 0 Å². The largest absolute Gasteiger partial charge is 0.495 e. The van der Waals surface area contributed by atoms with Crippen molar-refractivity contribution in [1.82, 2.24) is 9.97 Å². The van der Waals surface area contributed by atoms with Crippen molar-refractivity contribution in [1.29, 1.82) is 0 Å². The molecule has 3 rings (SSSR count). The number of hydrogen-bond donors (Lipinski definition) is 2. The third kappa shape index (κ3) is 4.41. The summed E-state index contributed by atoms with van der Waals surface area (Å²) in [4.78, 5) is 21.4. The maximum atomic E-state index is 12.7. The smallest absolute Gasteiger partial charge is 0.274 e. The van der Waals surface area contributed by atoms with Crippen molar-refractivity contribution in [3.8, 4) is 5.75 Å². The fraction of sp³-hybridized carbons (Fsp3) is 0.190. The van der Waals surface area contributed by atoms with Gasteiger partial charge in [-0.05, 0) is 50.1 Å². The van der Waals surface area contributed by atoms with Crippen LogP contribution in [-0.4, -0.2) is 23.0 Å². The van der Waals surface area contributed by atoms with Gasteiger partial charge in [-0.1, -0.05) is 24.3 Å². The second kappa shape index (κ2) is 7.86. The number of nitrogens with one attached hydrogen (secondary N) is 2. The van der Waals surface area contributed by atoms with Gasteiger partial charge < -0.3 is 15.4 Å². The van der Waals surface area contributed by atoms with Crippen LogP contribution < -0.4 is 15.4 Å². The fourth-order valence-electron chi connectivity index (χ4n) is 2.71. The molecule has 138 valence electrons. The highest BCUT2D eigenvalue weighted by molar-refractivity contribution is 6.04. The van der Waals surface area contributed by atoms with E-state index < -0.39 is 0 Å². The van der Waals surface area contributed by atoms with Crippen LogP contribution in [0.1, 0.15) is 27.4 Å². The molecule has 0 spiro atoms. The first kappa shape index (κ1) is 18.4. The van der Waals surface area contributed by atoms with Crippen LogP contribution in [0.2, 0.25) is 0 Å². The molecule has 0 unspecified atom stereocenters. The molecule has 3 aromatic rings. The van der Waals surface area contributed by atoms with Gasteiger partial charge in [0.2, 0.25) is 0 Å². The van der Waals surface area contributed by atoms with E-state index in [4.69, 9.17) is 4.74 Å². The standard InChI is InChI=1S/C21H22N4O2/c1-13-9-10-19(27-4)17(11-13)25-21(26)18-12-20(23-15(3)22-18)24-16-8-6-5-7-14(16)2/h5-12H,1-4H3,(H,25,26)(H,22,23,24). The lowest BCUT2D eigenvalue weighted by molar-refractivity contribution is 0.102. The molecule has 1 amide bonds. The monoisotopic (exact) mass is 362 g/mol. The average Bonchev–Trinajstić information content (AvgIpc) is 2.63. The number of nitrogens with zero attached hydrogens (tertiary/aromatic N) is 2. The van der Waals surface area contributed by atoms with Gasteiger partial charge >= 0.3 is 0 Å². The fourth-order valence-corrected chi connectivity index (χ4v) is 2.71. The minimum Gasteiger partial charge on any atom is -0.495 e. The minimum atomic E-state index is -0.322. The van der Waals surface area contributed by atoms with Crippen molar-refractivity contribution in [3.05, 3.63) is 71.2 Å². The Bertz CT molecular complexity index is 986. The second-order valence-electron chi connectivity index (χ2n) is 6.28. The Morgan fingerprint density at radius 2 is 1.74 bits per heavy atom. The minimum absolute atomic E-state index is 0.280. The molecule has 0 saturated heterocycles. The van der Waals surface area contributed by atoms with Crippen molar-refractivity contribution in [3.63, 3.8) is 0 Å². The molecule has 1 aromatic heterocycles. The van der Waals surface area contributed by atoms with E-state index in [-0.39, 0.29) is 11.6 Å². The van der Waals surface area contributed by atoms with Gasteiger partial charge in [-0.25, -0.2) is 9.97 Å². The molecule has 2 N–H and O–H groups in total. The third-order valence-electron chi connectivity index (χ3n) is 4.08. The molecule has 0 aliphatic carbocycles. The van der Waals surface area contributed by atoms with E-state index in [2.05, 4.69) is 20.6 Å². The summed E-state index contributed by atoms with van der Waals surface area (Å²) in [6.45, 7) is 5.72. The van der Waals surface area contributed by atoms with Gasteiger partial charge in [-0.3, -0.25) is 4.79 Å². The quantitative estimate of drug-likeness (QED) is 0.703. The molecule has 0 atom stereocenters. The average molecular weight is 362 g/mol. The van der Waals surface area contributed by atoms with Crippen LogP contribution in [-0.2, 0) is 0 Å². The molecule has 27 heavy (non-hydrogen) atoms. The summed E-state index contributed by atoms with van der Waals surface area (Å²) in [5.74, 6) is 1.35. The van der Waals surface area contributed by atoms with Crippen LogP contribution >= 0.6 is 0 Å². The predicted octanol–water partition coefficient (Wildman–Crippen LogP) is 4.41. The Labute approximate surface area is 158 Å². The van der Waals surface area contributed by atoms with Crippen LogP contribution in [0.4, 0.5) is 17.2 Å². The molecule has 6 nitrogen and oxygen atoms in total. The van der Waals surface area contributed by atoms with E-state index in [1.807, 2.05) is 56.3 Å². The second-order valence-corrected chi connectivity index (χ2v) is 6.28. The number of hydrogen-bond acceptors (Lipinski definition) is 5. The number of carbonyl (C=O) groups is 1. The number of anilines is 3. The van der Waals surface area contributed by atoms with E-state index in [9.17, 15) is 4.79 Å². The van der Waals surface area contributed by atoms with Gasteiger partial charge in [-0.2, -0.15) is 0 Å². The first-order valence-electron chi connectivity index (χ1n) is 8.60. The molecule has 0 radical (unpaired) electrons. The highest BCUT2D eigenvalue weighted by Crippen LogP contribution is 2.26. The van der Waals surface area contributed by atoms with Gasteiger partial charge in [0.25, 0.3) is 5.91 Å². The first-order valence-corrected chi connectivity index (χ1v) is 8.60. The summed E-state index contributed by atoms with van der Waals surface area (Å²) in [7, 11) is 1.57. The topological polar surface area (TPSA) is 76.1 Å². The lowest BCUT2D eigenvalue weighted by atomic mass is 10.2. The Kier molecular flexibility index (Phi) is 5.35. The summed E-state index contributed by atoms with van der Waals surface area (Å²) in [5.41, 5.74) is 3.92. The molecule has 1 heterocycles. The summed E-state index contributed by atoms with van der Waals surface area (Å²) in [6.07, 6.45) is 0. The zero-order valence-corrected chi connectivity index (χ0v) is 15.8. The van der Waals surface area contributed by atoms with Gasteiger partial charge in [-0.15, -0.1) is 0 Å². The zero-order valence-electron chi connectivity index (χ0n) is 15.8. The Morgan fingerprint density at radius 1 is 0.963 bits per heavy atom. The van der Waals surface area contributed by atoms with Crippen molar-refractivity contribution in [2.45, 2.75) is 20.8 Å². The zero-order chi connectivity index (χ0) is 19.4. The van der Waals surface area contributed by atoms with Gasteiger partial charge in [0.1, 0.15) is 23.1 Å². The van der Waals surface area contributed by atoms with Crippen LogP contribution in [0.15, 0.2) is 48.5 Å². The highest BCUT2D eigenvalue weighted by Gasteiger charge is 2.14. The Morgan fingerprint density at radius 3 is 2.48 bits per heavy atom. The molecule has 0 aliphatic heterocycles. The van der Waals surface area contributed by atoms with Crippen molar-refractivity contribution in [2.24, 2.45) is 0 Å². The predicted molar refractivity (Wildman–Crippen MR) is 107 cm³/mol. The van der Waals surface area contributed by atoms with E-state index in [0.29, 0.717) is 23.1 Å². The Balaban J connectivity index is 1.86. The van der Waals surface area contributed by atoms with Crippen LogP contribution in [0.5, 0.6) is 5.75 Å². The number of para-hydroxylation sites is 1. The molecular weight excluding hydrogens is 340 g/mol. The number of ether oxygens (including phenoxy) is 1. The van der Waals surface area contributed by atoms with Crippen molar-refractivity contribution in [2.75, 3.05) is 17.7 Å². The van der Waals surface area contributed by atoms with Crippen LogP contribution in [0.3, 0.4) is 0 Å². The van der Waals surface area contributed by atoms with E-state index in [0.717, 1.165) is 16.8 Å². The number of benzene rings is 2.